The van der Waals surface area contributed by atoms with E-state index in [-0.39, 0.29) is 65.8 Å². The van der Waals surface area contributed by atoms with Crippen molar-refractivity contribution in [3.63, 3.8) is 0 Å². The smallest absolute Gasteiger partial charge is 0.161 e. The number of fused-ring (bicyclic) bond motifs is 10. The van der Waals surface area contributed by atoms with Crippen LogP contribution in [0.3, 0.4) is 0 Å². The monoisotopic (exact) mass is 1020 g/mol. The maximum atomic E-state index is 11.8. The van der Waals surface area contributed by atoms with E-state index >= 15 is 0 Å². The van der Waals surface area contributed by atoms with Gasteiger partial charge in [0.1, 0.15) is 23.9 Å². The van der Waals surface area contributed by atoms with Crippen LogP contribution in [0.15, 0.2) is 121 Å². The van der Waals surface area contributed by atoms with Gasteiger partial charge in [0.15, 0.2) is 11.5 Å². The van der Waals surface area contributed by atoms with Crippen molar-refractivity contribution in [2.24, 2.45) is 17.6 Å². The van der Waals surface area contributed by atoms with Gasteiger partial charge in [0.05, 0.1) is 38.2 Å². The molecule has 6 unspecified atom stereocenters. The van der Waals surface area contributed by atoms with Crippen molar-refractivity contribution in [1.82, 2.24) is 9.88 Å². The molecule has 4 aliphatic heterocycles. The van der Waals surface area contributed by atoms with Crippen LogP contribution in [-0.2, 0) is 52.8 Å². The van der Waals surface area contributed by atoms with Gasteiger partial charge in [-0.1, -0.05) is 79.3 Å². The van der Waals surface area contributed by atoms with Crippen LogP contribution in [0, 0.1) is 23.7 Å². The number of aryl methyl sites for hydroxylation is 2. The van der Waals surface area contributed by atoms with Crippen molar-refractivity contribution in [1.29, 1.82) is 0 Å². The SMILES string of the molecule is NC1C=C2C#CC(CCc3ccc(O)c(Cc4cccc(O)c4)c3)CCCC3CC(O)CCc4cc(c(O)cc4CO)OCc4cc(C56CCOCC5CC5(CCCC5)c5ccccc56)cc5cn(cc45)C(=C2CO3)N1. The standard InChI is InChI=1S/C65H71N3O8/c66-62-32-45-17-15-41(13-14-42-16-20-59(72)46(25-42)26-43-8-5-9-52(70)27-43)7-6-10-54-33-53(71)19-18-44-31-61(60(73)30-48(44)37-69)76-38-49-29-50(28-47-35-68(36-55(47)49)63(67-62)56(45)40-75-54)65-23-24-74-39-51(65)34-64(21-3-4-22-64)57-11-1-2-12-58(57)65/h1-2,5,8-9,11-12,16,20,25,27-32,35-36,41,51,53-54,62,67,69-73H,3-4,6-7,10,13-14,18-19,21-24,26,33-34,37-40,66H2. The van der Waals surface area contributed by atoms with E-state index in [1.54, 1.807) is 24.3 Å². The number of ether oxygens (including phenoxy) is 3. The second kappa shape index (κ2) is 21.1. The number of dihydropyridines is 1. The van der Waals surface area contributed by atoms with Gasteiger partial charge in [-0.3, -0.25) is 0 Å². The molecule has 11 nitrogen and oxygen atoms in total. The van der Waals surface area contributed by atoms with Gasteiger partial charge >= 0.3 is 0 Å². The number of hydrogen-bond acceptors (Lipinski definition) is 10. The third kappa shape index (κ3) is 9.80. The van der Waals surface area contributed by atoms with Crippen molar-refractivity contribution < 1.29 is 39.7 Å². The van der Waals surface area contributed by atoms with Crippen molar-refractivity contribution in [2.45, 2.75) is 139 Å². The Morgan fingerprint density at radius 1 is 0.803 bits per heavy atom. The highest BCUT2D eigenvalue weighted by Crippen LogP contribution is 2.60. The van der Waals surface area contributed by atoms with Gasteiger partial charge in [0, 0.05) is 58.7 Å². The summed E-state index contributed by atoms with van der Waals surface area (Å²) in [5.74, 6) is 9.20. The maximum Gasteiger partial charge on any atom is 0.161 e. The van der Waals surface area contributed by atoms with E-state index in [9.17, 15) is 25.5 Å². The Kier molecular flexibility index (Phi) is 14.0. The van der Waals surface area contributed by atoms with E-state index in [0.717, 1.165) is 101 Å². The van der Waals surface area contributed by atoms with Crippen molar-refractivity contribution in [2.75, 3.05) is 19.8 Å². The van der Waals surface area contributed by atoms with Crippen LogP contribution < -0.4 is 15.8 Å². The second-order valence-electron chi connectivity index (χ2n) is 22.8. The largest absolute Gasteiger partial charge is 0.508 e. The van der Waals surface area contributed by atoms with E-state index in [0.29, 0.717) is 50.2 Å². The molecule has 6 aliphatic rings. The first kappa shape index (κ1) is 50.3. The molecule has 0 amide bonds. The fourth-order valence-electron chi connectivity index (χ4n) is 14.1. The van der Waals surface area contributed by atoms with Crippen molar-refractivity contribution in [3.05, 3.63) is 171 Å². The molecule has 1 spiro atoms. The van der Waals surface area contributed by atoms with Crippen LogP contribution >= 0.6 is 0 Å². The predicted octanol–water partition coefficient (Wildman–Crippen LogP) is 10.5. The number of nitrogens with one attached hydrogen (secondary N) is 1. The molecule has 6 atom stereocenters. The molecule has 1 saturated carbocycles. The van der Waals surface area contributed by atoms with Gasteiger partial charge in [-0.25, -0.2) is 0 Å². The number of nitrogens with two attached hydrogens (primary N) is 1. The minimum Gasteiger partial charge on any atom is -0.508 e. The zero-order chi connectivity index (χ0) is 52.0. The molecule has 0 radical (unpaired) electrons. The first-order valence-electron chi connectivity index (χ1n) is 27.8. The van der Waals surface area contributed by atoms with Gasteiger partial charge < -0.3 is 55.4 Å². The summed E-state index contributed by atoms with van der Waals surface area (Å²) < 4.78 is 22.2. The highest BCUT2D eigenvalue weighted by Gasteiger charge is 2.55. The Labute approximate surface area is 446 Å². The van der Waals surface area contributed by atoms with Crippen LogP contribution in [0.25, 0.3) is 16.6 Å². The number of aromatic hydroxyl groups is 3. The molecule has 394 valence electrons. The number of phenolic OH excluding ortho intramolecular Hbond substituents is 3. The van der Waals surface area contributed by atoms with Crippen LogP contribution in [0.1, 0.15) is 127 Å². The molecule has 2 fully saturated rings. The average molecular weight is 1020 g/mol. The normalized spacial score (nSPS) is 25.2. The number of aliphatic hydroxyl groups excluding tert-OH is 2. The lowest BCUT2D eigenvalue weighted by Crippen LogP contribution is -2.51. The molecule has 5 aromatic carbocycles. The molecule has 1 aromatic heterocycles. The van der Waals surface area contributed by atoms with Gasteiger partial charge in [-0.05, 0) is 181 Å². The summed E-state index contributed by atoms with van der Waals surface area (Å²) in [6.45, 7) is 1.55. The summed E-state index contributed by atoms with van der Waals surface area (Å²) in [7, 11) is 0. The lowest BCUT2D eigenvalue weighted by molar-refractivity contribution is -0.00873. The minimum atomic E-state index is -0.694. The Morgan fingerprint density at radius 3 is 2.53 bits per heavy atom. The fourth-order valence-corrected chi connectivity index (χ4v) is 14.1. The third-order valence-electron chi connectivity index (χ3n) is 18.0. The zero-order valence-electron chi connectivity index (χ0n) is 43.4. The molecule has 1 saturated heterocycles. The Balaban J connectivity index is 0.959. The van der Waals surface area contributed by atoms with Crippen molar-refractivity contribution >= 4 is 16.6 Å². The summed E-state index contributed by atoms with van der Waals surface area (Å²) in [5, 5.41) is 60.4. The third-order valence-corrected chi connectivity index (χ3v) is 18.0. The predicted molar refractivity (Wildman–Crippen MR) is 295 cm³/mol. The topological polar surface area (TPSA) is 172 Å². The number of phenols is 3. The number of benzene rings is 5. The summed E-state index contributed by atoms with van der Waals surface area (Å²) in [6.07, 6.45) is 17.5. The second-order valence-corrected chi connectivity index (χ2v) is 22.8. The van der Waals surface area contributed by atoms with Crippen LogP contribution in [0.2, 0.25) is 0 Å². The average Bonchev–Trinajstić information content (AvgIpc) is 4.14. The van der Waals surface area contributed by atoms with Gasteiger partial charge in [-0.15, -0.1) is 0 Å². The Morgan fingerprint density at radius 2 is 1.67 bits per heavy atom. The number of nitrogens with zero attached hydrogens (tertiary/aromatic N) is 1. The van der Waals surface area contributed by atoms with Crippen LogP contribution in [0.4, 0.5) is 0 Å². The number of hydrogen-bond donors (Lipinski definition) is 7. The molecule has 76 heavy (non-hydrogen) atoms. The molecular formula is C65H71N3O8. The van der Waals surface area contributed by atoms with Gasteiger partial charge in [0.2, 0.25) is 0 Å². The lowest BCUT2D eigenvalue weighted by Gasteiger charge is -2.54. The number of aliphatic hydroxyl groups is 2. The zero-order valence-corrected chi connectivity index (χ0v) is 43.4. The van der Waals surface area contributed by atoms with E-state index in [1.165, 1.54) is 42.4 Å². The first-order chi connectivity index (χ1) is 37.0. The summed E-state index contributed by atoms with van der Waals surface area (Å²) in [4.78, 5) is 0. The molecule has 6 aromatic rings. The lowest BCUT2D eigenvalue weighted by atomic mass is 9.51. The Hall–Kier alpha value is -6.52. The molecule has 2 aliphatic carbocycles. The maximum absolute atomic E-state index is 11.8. The van der Waals surface area contributed by atoms with Gasteiger partial charge in [-0.2, -0.15) is 0 Å². The van der Waals surface area contributed by atoms with E-state index in [4.69, 9.17) is 19.9 Å². The highest BCUT2D eigenvalue weighted by molar-refractivity contribution is 5.89. The summed E-state index contributed by atoms with van der Waals surface area (Å²) in [5.41, 5.74) is 17.9. The van der Waals surface area contributed by atoms with E-state index in [2.05, 4.69) is 76.6 Å². The van der Waals surface area contributed by atoms with E-state index < -0.39 is 12.3 Å². The van der Waals surface area contributed by atoms with Crippen LogP contribution in [0.5, 0.6) is 23.0 Å². The molecule has 5 heterocycles. The first-order valence-corrected chi connectivity index (χ1v) is 27.8. The van der Waals surface area contributed by atoms with Crippen LogP contribution in [-0.4, -0.2) is 68.3 Å². The fraction of sp³-hybridized carbons (Fsp3) is 0.415. The quantitative estimate of drug-likeness (QED) is 0.0764. The molecule has 8 N–H and O–H groups in total. The summed E-state index contributed by atoms with van der Waals surface area (Å²) >= 11 is 0. The molecule has 6 bridgehead atoms. The highest BCUT2D eigenvalue weighted by atomic mass is 16.5. The number of rotatable bonds is 7. The van der Waals surface area contributed by atoms with Gasteiger partial charge in [0.25, 0.3) is 0 Å². The number of aromatic nitrogens is 1. The van der Waals surface area contributed by atoms with Crippen molar-refractivity contribution in [3.8, 4) is 34.8 Å². The summed E-state index contributed by atoms with van der Waals surface area (Å²) in [6, 6.07) is 30.4. The Bertz CT molecular complexity index is 3280. The molecular weight excluding hydrogens is 951 g/mol. The molecule has 11 heteroatoms. The van der Waals surface area contributed by atoms with E-state index in [1.807, 2.05) is 30.3 Å². The molecule has 12 rings (SSSR count). The minimum absolute atomic E-state index is 0.0374.